The van der Waals surface area contributed by atoms with Gasteiger partial charge in [0.1, 0.15) is 22.7 Å². The number of oxazole rings is 1. The lowest BCUT2D eigenvalue weighted by atomic mass is 9.73. The van der Waals surface area contributed by atoms with Gasteiger partial charge in [0.25, 0.3) is 0 Å². The molecule has 2 N–H and O–H groups in total. The molecule has 3 fully saturated rings. The van der Waals surface area contributed by atoms with Gasteiger partial charge >= 0.3 is 12.1 Å². The van der Waals surface area contributed by atoms with Crippen molar-refractivity contribution in [2.45, 2.75) is 75.4 Å². The van der Waals surface area contributed by atoms with E-state index in [1.165, 1.54) is 0 Å². The fourth-order valence-electron chi connectivity index (χ4n) is 6.24. The molecular formula is C27H25Cl2F3N2O6. The summed E-state index contributed by atoms with van der Waals surface area (Å²) in [5, 5.41) is 25.8. The molecule has 0 aliphatic heterocycles. The van der Waals surface area contributed by atoms with Crippen molar-refractivity contribution in [3.05, 3.63) is 56.9 Å². The number of carboxylic acids is 1. The van der Waals surface area contributed by atoms with Gasteiger partial charge in [0.05, 0.1) is 29.2 Å². The number of ether oxygens (including phenoxy) is 1. The fourth-order valence-corrected chi connectivity index (χ4v) is 6.82. The number of benzene rings is 1. The minimum absolute atomic E-state index is 0.161. The number of aromatic nitrogens is 2. The summed E-state index contributed by atoms with van der Waals surface area (Å²) < 4.78 is 57.7. The number of rotatable bonds is 8. The average Bonchev–Trinajstić information content (AvgIpc) is 3.46. The fraction of sp³-hybridized carbons (Fsp3) is 0.519. The van der Waals surface area contributed by atoms with Crippen molar-refractivity contribution < 1.29 is 41.9 Å². The Morgan fingerprint density at radius 3 is 2.35 bits per heavy atom. The SMILES string of the molecule is O=C(O)Cc1nc(C2(O)C3CCC2CC(OCc2c(-c4c(Cl)cccc4Cl)noc2C2CC2)C3)oc1C(F)(F)F. The van der Waals surface area contributed by atoms with E-state index in [0.29, 0.717) is 47.0 Å². The first-order valence-electron chi connectivity index (χ1n) is 13.0. The van der Waals surface area contributed by atoms with Crippen LogP contribution < -0.4 is 0 Å². The highest BCUT2D eigenvalue weighted by Gasteiger charge is 2.58. The van der Waals surface area contributed by atoms with Crippen LogP contribution in [0.5, 0.6) is 0 Å². The van der Waals surface area contributed by atoms with E-state index >= 15 is 0 Å². The zero-order valence-corrected chi connectivity index (χ0v) is 22.5. The topological polar surface area (TPSA) is 119 Å². The Hall–Kier alpha value is -2.60. The van der Waals surface area contributed by atoms with Crippen molar-refractivity contribution >= 4 is 29.2 Å². The molecule has 2 heterocycles. The highest BCUT2D eigenvalue weighted by Crippen LogP contribution is 2.56. The zero-order valence-electron chi connectivity index (χ0n) is 21.0. The van der Waals surface area contributed by atoms with E-state index in [9.17, 15) is 23.1 Å². The van der Waals surface area contributed by atoms with E-state index in [1.807, 2.05) is 0 Å². The number of fused-ring (bicyclic) bond motifs is 2. The molecule has 40 heavy (non-hydrogen) atoms. The predicted octanol–water partition coefficient (Wildman–Crippen LogP) is 6.75. The molecule has 3 aliphatic carbocycles. The van der Waals surface area contributed by atoms with Crippen LogP contribution in [0.4, 0.5) is 13.2 Å². The van der Waals surface area contributed by atoms with Crippen molar-refractivity contribution in [3.63, 3.8) is 0 Å². The molecule has 2 atom stereocenters. The molecule has 3 saturated carbocycles. The van der Waals surface area contributed by atoms with Crippen molar-refractivity contribution in [1.29, 1.82) is 0 Å². The summed E-state index contributed by atoms with van der Waals surface area (Å²) in [6, 6.07) is 5.17. The summed E-state index contributed by atoms with van der Waals surface area (Å²) in [5.41, 5.74) is -0.667. The number of hydrogen-bond acceptors (Lipinski definition) is 7. The Labute approximate surface area is 236 Å². The molecule has 214 valence electrons. The first-order valence-corrected chi connectivity index (χ1v) is 13.8. The third kappa shape index (κ3) is 4.80. The van der Waals surface area contributed by atoms with Crippen molar-refractivity contribution in [2.24, 2.45) is 11.8 Å². The zero-order chi connectivity index (χ0) is 28.4. The van der Waals surface area contributed by atoms with Gasteiger partial charge in [0.15, 0.2) is 0 Å². The van der Waals surface area contributed by atoms with Crippen LogP contribution in [0.3, 0.4) is 0 Å². The molecule has 0 saturated heterocycles. The highest BCUT2D eigenvalue weighted by atomic mass is 35.5. The second-order valence-electron chi connectivity index (χ2n) is 10.8. The van der Waals surface area contributed by atoms with Crippen LogP contribution in [0.1, 0.15) is 73.1 Å². The molecule has 1 aromatic carbocycles. The minimum atomic E-state index is -4.94. The third-order valence-corrected chi connectivity index (χ3v) is 8.88. The summed E-state index contributed by atoms with van der Waals surface area (Å²) in [6.45, 7) is 0.161. The summed E-state index contributed by atoms with van der Waals surface area (Å²) in [4.78, 5) is 15.0. The van der Waals surface area contributed by atoms with Crippen molar-refractivity contribution in [1.82, 2.24) is 10.1 Å². The monoisotopic (exact) mass is 600 g/mol. The van der Waals surface area contributed by atoms with Crippen LogP contribution in [-0.2, 0) is 34.3 Å². The van der Waals surface area contributed by atoms with E-state index in [0.717, 1.165) is 24.2 Å². The van der Waals surface area contributed by atoms with Gasteiger partial charge in [-0.25, -0.2) is 4.98 Å². The Morgan fingerprint density at radius 2 is 1.77 bits per heavy atom. The Kier molecular flexibility index (Phi) is 6.92. The van der Waals surface area contributed by atoms with Crippen LogP contribution in [-0.4, -0.2) is 32.4 Å². The molecule has 2 aromatic heterocycles. The summed E-state index contributed by atoms with van der Waals surface area (Å²) >= 11 is 12.9. The van der Waals surface area contributed by atoms with Crippen molar-refractivity contribution in [2.75, 3.05) is 0 Å². The van der Waals surface area contributed by atoms with Gasteiger partial charge in [0.2, 0.25) is 11.7 Å². The molecule has 8 nitrogen and oxygen atoms in total. The molecule has 0 radical (unpaired) electrons. The molecule has 2 unspecified atom stereocenters. The van der Waals surface area contributed by atoms with Gasteiger partial charge in [-0.2, -0.15) is 13.2 Å². The predicted molar refractivity (Wildman–Crippen MR) is 135 cm³/mol. The largest absolute Gasteiger partial charge is 0.481 e. The van der Waals surface area contributed by atoms with Crippen LogP contribution in [0, 0.1) is 11.8 Å². The number of nitrogens with zero attached hydrogens (tertiary/aromatic N) is 2. The maximum Gasteiger partial charge on any atom is 0.451 e. The molecule has 0 amide bonds. The van der Waals surface area contributed by atoms with Gasteiger partial charge in [-0.3, -0.25) is 4.79 Å². The number of alkyl halides is 3. The number of halogens is 5. The maximum atomic E-state index is 13.6. The van der Waals surface area contributed by atoms with Crippen LogP contribution in [0.25, 0.3) is 11.3 Å². The molecule has 3 aliphatic rings. The van der Waals surface area contributed by atoms with Gasteiger partial charge in [-0.05, 0) is 62.5 Å². The molecular weight excluding hydrogens is 576 g/mol. The smallest absolute Gasteiger partial charge is 0.451 e. The Balaban J connectivity index is 1.23. The minimum Gasteiger partial charge on any atom is -0.481 e. The molecule has 6 rings (SSSR count). The second kappa shape index (κ2) is 10.0. The van der Waals surface area contributed by atoms with E-state index in [4.69, 9.17) is 42.0 Å². The molecule has 0 spiro atoms. The van der Waals surface area contributed by atoms with Crippen molar-refractivity contribution in [3.8, 4) is 11.3 Å². The van der Waals surface area contributed by atoms with E-state index in [-0.39, 0.29) is 18.6 Å². The lowest BCUT2D eigenvalue weighted by molar-refractivity contribution is -0.161. The number of aliphatic carboxylic acids is 1. The van der Waals surface area contributed by atoms with Gasteiger partial charge in [-0.15, -0.1) is 0 Å². The van der Waals surface area contributed by atoms with Crippen LogP contribution >= 0.6 is 23.2 Å². The Bertz CT molecular complexity index is 1420. The van der Waals surface area contributed by atoms with E-state index < -0.39 is 53.3 Å². The maximum absolute atomic E-state index is 13.6. The lowest BCUT2D eigenvalue weighted by Gasteiger charge is -2.40. The number of aliphatic hydroxyl groups is 1. The number of carbonyl (C=O) groups is 1. The summed E-state index contributed by atoms with van der Waals surface area (Å²) in [5.74, 6) is -3.43. The number of carboxylic acid groups (broad SMARTS) is 1. The molecule has 13 heteroatoms. The summed E-state index contributed by atoms with van der Waals surface area (Å²) in [6.07, 6.45) is -2.46. The summed E-state index contributed by atoms with van der Waals surface area (Å²) in [7, 11) is 0. The second-order valence-corrected chi connectivity index (χ2v) is 11.6. The quantitative estimate of drug-likeness (QED) is 0.291. The lowest BCUT2D eigenvalue weighted by Crippen LogP contribution is -2.44. The standard InChI is InChI=1S/C27H25Cl2F3N2O6/c28-17-2-1-3-18(29)21(17)22-16(23(40-34-22)12-4-5-12)11-38-15-8-13-6-7-14(9-15)26(13,37)25-33-19(10-20(35)36)24(39-25)27(30,31)32/h1-3,12-15,37H,4-11H2,(H,35,36). The highest BCUT2D eigenvalue weighted by molar-refractivity contribution is 6.39. The first-order chi connectivity index (χ1) is 19.0. The van der Waals surface area contributed by atoms with Gasteiger partial charge < -0.3 is 23.9 Å². The average molecular weight is 601 g/mol. The Morgan fingerprint density at radius 1 is 1.12 bits per heavy atom. The van der Waals surface area contributed by atoms with Crippen LogP contribution in [0.2, 0.25) is 10.0 Å². The normalized spacial score (nSPS) is 26.4. The molecule has 3 aromatic rings. The third-order valence-electron chi connectivity index (χ3n) is 8.25. The van der Waals surface area contributed by atoms with Crippen LogP contribution in [0.15, 0.2) is 27.1 Å². The number of hydrogen-bond donors (Lipinski definition) is 2. The van der Waals surface area contributed by atoms with E-state index in [1.54, 1.807) is 18.2 Å². The molecule has 2 bridgehead atoms. The van der Waals surface area contributed by atoms with E-state index in [2.05, 4.69) is 10.1 Å². The van der Waals surface area contributed by atoms with Gasteiger partial charge in [0, 0.05) is 17.0 Å². The first kappa shape index (κ1) is 27.6. The van der Waals surface area contributed by atoms with Gasteiger partial charge in [-0.1, -0.05) is 34.4 Å².